The van der Waals surface area contributed by atoms with Crippen molar-refractivity contribution < 1.29 is 18.3 Å². The Labute approximate surface area is 191 Å². The number of pyridine rings is 1. The standard InChI is InChI=1S/C26H25F2N3O2/c1-16-9-11-18(12-10-16)17(2)13-20(32)15-33-22-14-21(25(27)28)23-24(19-7-5-4-6-8-19)30-31(3)26(23)29-22/h4-12,14,17,25H,13,15H2,1-3H3/t17-/m1/s1. The Kier molecular flexibility index (Phi) is 6.49. The van der Waals surface area contributed by atoms with Crippen molar-refractivity contribution >= 4 is 16.8 Å². The van der Waals surface area contributed by atoms with E-state index in [4.69, 9.17) is 4.74 Å². The van der Waals surface area contributed by atoms with Crippen LogP contribution in [0.25, 0.3) is 22.3 Å². The highest BCUT2D eigenvalue weighted by atomic mass is 19.3. The summed E-state index contributed by atoms with van der Waals surface area (Å²) in [6, 6.07) is 18.4. The van der Waals surface area contributed by atoms with Gasteiger partial charge >= 0.3 is 0 Å². The van der Waals surface area contributed by atoms with E-state index in [1.807, 2.05) is 68.4 Å². The number of aromatic nitrogens is 3. The number of ether oxygens (including phenoxy) is 1. The van der Waals surface area contributed by atoms with Crippen LogP contribution in [0.4, 0.5) is 8.78 Å². The highest BCUT2D eigenvalue weighted by Gasteiger charge is 2.23. The fourth-order valence-electron chi connectivity index (χ4n) is 3.86. The molecular weight excluding hydrogens is 424 g/mol. The molecule has 0 aliphatic carbocycles. The van der Waals surface area contributed by atoms with Crippen LogP contribution in [0.3, 0.4) is 0 Å². The van der Waals surface area contributed by atoms with Gasteiger partial charge in [-0.3, -0.25) is 4.79 Å². The van der Waals surface area contributed by atoms with E-state index in [0.29, 0.717) is 5.69 Å². The van der Waals surface area contributed by atoms with Crippen molar-refractivity contribution in [3.63, 3.8) is 0 Å². The number of carbonyl (C=O) groups is 1. The number of carbonyl (C=O) groups excluding carboxylic acids is 1. The number of aryl methyl sites for hydroxylation is 2. The zero-order chi connectivity index (χ0) is 23.5. The molecule has 0 spiro atoms. The van der Waals surface area contributed by atoms with E-state index in [1.165, 1.54) is 10.7 Å². The van der Waals surface area contributed by atoms with E-state index >= 15 is 0 Å². The van der Waals surface area contributed by atoms with Crippen LogP contribution in [0.2, 0.25) is 0 Å². The van der Waals surface area contributed by atoms with Gasteiger partial charge in [0.05, 0.1) is 5.39 Å². The molecule has 0 N–H and O–H groups in total. The van der Waals surface area contributed by atoms with Crippen LogP contribution < -0.4 is 4.74 Å². The van der Waals surface area contributed by atoms with Gasteiger partial charge in [0.2, 0.25) is 5.88 Å². The average Bonchev–Trinajstić information content (AvgIpc) is 3.14. The van der Waals surface area contributed by atoms with Gasteiger partial charge < -0.3 is 4.74 Å². The molecule has 0 aliphatic heterocycles. The molecule has 0 unspecified atom stereocenters. The summed E-state index contributed by atoms with van der Waals surface area (Å²) in [5.74, 6) is -0.116. The molecular formula is C26H25F2N3O2. The Hall–Kier alpha value is -3.61. The van der Waals surface area contributed by atoms with Gasteiger partial charge in [-0.25, -0.2) is 13.5 Å². The fraction of sp³-hybridized carbons (Fsp3) is 0.269. The maximum atomic E-state index is 14.0. The predicted molar refractivity (Wildman–Crippen MR) is 124 cm³/mol. The number of rotatable bonds is 8. The van der Waals surface area contributed by atoms with Crippen LogP contribution in [0.5, 0.6) is 5.88 Å². The largest absolute Gasteiger partial charge is 0.470 e. The zero-order valence-corrected chi connectivity index (χ0v) is 18.8. The number of nitrogens with zero attached hydrogens (tertiary/aromatic N) is 3. The molecule has 7 heteroatoms. The molecule has 0 saturated heterocycles. The zero-order valence-electron chi connectivity index (χ0n) is 18.8. The van der Waals surface area contributed by atoms with Gasteiger partial charge in [-0.2, -0.15) is 10.1 Å². The van der Waals surface area contributed by atoms with Gasteiger partial charge in [-0.1, -0.05) is 67.1 Å². The lowest BCUT2D eigenvalue weighted by Gasteiger charge is -2.12. The van der Waals surface area contributed by atoms with Gasteiger partial charge in [0, 0.05) is 30.7 Å². The number of fused-ring (bicyclic) bond motifs is 1. The molecule has 0 aliphatic rings. The normalized spacial score (nSPS) is 12.3. The molecule has 4 aromatic rings. The molecule has 4 rings (SSSR count). The summed E-state index contributed by atoms with van der Waals surface area (Å²) in [7, 11) is 1.65. The maximum Gasteiger partial charge on any atom is 0.264 e. The Morgan fingerprint density at radius 3 is 2.45 bits per heavy atom. The lowest BCUT2D eigenvalue weighted by atomic mass is 9.95. The topological polar surface area (TPSA) is 57.0 Å². The summed E-state index contributed by atoms with van der Waals surface area (Å²) in [5.41, 5.74) is 3.44. The summed E-state index contributed by atoms with van der Waals surface area (Å²) in [6.45, 7) is 3.75. The summed E-state index contributed by atoms with van der Waals surface area (Å²) >= 11 is 0. The van der Waals surface area contributed by atoms with Crippen LogP contribution in [-0.4, -0.2) is 27.2 Å². The first-order chi connectivity index (χ1) is 15.8. The summed E-state index contributed by atoms with van der Waals surface area (Å²) in [4.78, 5) is 16.9. The Morgan fingerprint density at radius 1 is 1.09 bits per heavy atom. The third-order valence-corrected chi connectivity index (χ3v) is 5.64. The number of halogens is 2. The van der Waals surface area contributed by atoms with E-state index < -0.39 is 6.43 Å². The van der Waals surface area contributed by atoms with E-state index in [2.05, 4.69) is 10.1 Å². The molecule has 0 fully saturated rings. The number of hydrogen-bond donors (Lipinski definition) is 0. The van der Waals surface area contributed by atoms with Crippen molar-refractivity contribution in [3.8, 4) is 17.1 Å². The maximum absolute atomic E-state index is 14.0. The SMILES string of the molecule is Cc1ccc([C@H](C)CC(=O)COc2cc(C(F)F)c3c(-c4ccccc4)nn(C)c3n2)cc1. The van der Waals surface area contributed by atoms with Crippen molar-refractivity contribution in [2.24, 2.45) is 7.05 Å². The summed E-state index contributed by atoms with van der Waals surface area (Å²) < 4.78 is 35.0. The van der Waals surface area contributed by atoms with E-state index in [9.17, 15) is 13.6 Å². The minimum Gasteiger partial charge on any atom is -0.470 e. The van der Waals surface area contributed by atoms with Crippen molar-refractivity contribution in [2.75, 3.05) is 6.61 Å². The molecule has 170 valence electrons. The number of benzene rings is 2. The third kappa shape index (κ3) is 4.92. The monoisotopic (exact) mass is 449 g/mol. The second kappa shape index (κ2) is 9.48. The van der Waals surface area contributed by atoms with Gasteiger partial charge in [-0.15, -0.1) is 0 Å². The molecule has 2 heterocycles. The first kappa shape index (κ1) is 22.6. The second-order valence-corrected chi connectivity index (χ2v) is 8.23. The molecule has 33 heavy (non-hydrogen) atoms. The van der Waals surface area contributed by atoms with Crippen molar-refractivity contribution in [1.29, 1.82) is 0 Å². The Morgan fingerprint density at radius 2 is 1.79 bits per heavy atom. The highest BCUT2D eigenvalue weighted by molar-refractivity contribution is 5.94. The number of hydrogen-bond acceptors (Lipinski definition) is 4. The number of alkyl halides is 2. The Bertz CT molecular complexity index is 1270. The van der Waals surface area contributed by atoms with Gasteiger partial charge in [0.15, 0.2) is 11.4 Å². The molecule has 2 aromatic carbocycles. The Balaban J connectivity index is 1.55. The van der Waals surface area contributed by atoms with Crippen LogP contribution in [0.15, 0.2) is 60.7 Å². The van der Waals surface area contributed by atoms with Crippen LogP contribution in [0.1, 0.15) is 42.4 Å². The highest BCUT2D eigenvalue weighted by Crippen LogP contribution is 2.36. The molecule has 5 nitrogen and oxygen atoms in total. The van der Waals surface area contributed by atoms with Crippen LogP contribution in [0, 0.1) is 6.92 Å². The van der Waals surface area contributed by atoms with E-state index in [0.717, 1.165) is 16.7 Å². The molecule has 1 atom stereocenters. The molecule has 0 radical (unpaired) electrons. The van der Waals surface area contributed by atoms with Crippen LogP contribution >= 0.6 is 0 Å². The lowest BCUT2D eigenvalue weighted by Crippen LogP contribution is -2.14. The third-order valence-electron chi connectivity index (χ3n) is 5.64. The quantitative estimate of drug-likeness (QED) is 0.330. The molecule has 0 saturated carbocycles. The van der Waals surface area contributed by atoms with Gasteiger partial charge in [0.25, 0.3) is 6.43 Å². The van der Waals surface area contributed by atoms with Crippen molar-refractivity contribution in [2.45, 2.75) is 32.6 Å². The van der Waals surface area contributed by atoms with Crippen molar-refractivity contribution in [3.05, 3.63) is 77.4 Å². The first-order valence-corrected chi connectivity index (χ1v) is 10.8. The van der Waals surface area contributed by atoms with E-state index in [1.54, 1.807) is 7.05 Å². The fourth-order valence-corrected chi connectivity index (χ4v) is 3.86. The average molecular weight is 450 g/mol. The van der Waals surface area contributed by atoms with Crippen molar-refractivity contribution in [1.82, 2.24) is 14.8 Å². The summed E-state index contributed by atoms with van der Waals surface area (Å²) in [5, 5.41) is 4.70. The smallest absolute Gasteiger partial charge is 0.264 e. The lowest BCUT2D eigenvalue weighted by molar-refractivity contribution is -0.121. The number of Topliss-reactive ketones (excluding diaryl/α,β-unsaturated/α-hetero) is 1. The van der Waals surface area contributed by atoms with E-state index in [-0.39, 0.29) is 47.2 Å². The molecule has 0 amide bonds. The number of ketones is 1. The first-order valence-electron chi connectivity index (χ1n) is 10.8. The second-order valence-electron chi connectivity index (χ2n) is 8.23. The van der Waals surface area contributed by atoms with Gasteiger partial charge in [-0.05, 0) is 18.4 Å². The summed E-state index contributed by atoms with van der Waals surface area (Å²) in [6.07, 6.45) is -2.46. The molecule has 2 aromatic heterocycles. The molecule has 0 bridgehead atoms. The predicted octanol–water partition coefficient (Wildman–Crippen LogP) is 6.02. The minimum absolute atomic E-state index is 0.0169. The van der Waals surface area contributed by atoms with Gasteiger partial charge in [0.1, 0.15) is 12.3 Å². The van der Waals surface area contributed by atoms with Crippen LogP contribution in [-0.2, 0) is 11.8 Å². The minimum atomic E-state index is -2.75.